The van der Waals surface area contributed by atoms with Crippen molar-refractivity contribution in [2.45, 2.75) is 80.4 Å². The zero-order chi connectivity index (χ0) is 41.3. The van der Waals surface area contributed by atoms with Crippen LogP contribution in [0.5, 0.6) is 0 Å². The van der Waals surface area contributed by atoms with Gasteiger partial charge in [0.05, 0.1) is 36.3 Å². The average molecular weight is 786 g/mol. The van der Waals surface area contributed by atoms with E-state index in [0.717, 1.165) is 24.1 Å². The van der Waals surface area contributed by atoms with E-state index in [2.05, 4.69) is 36.1 Å². The average Bonchev–Trinajstić information content (AvgIpc) is 3.47. The second-order valence-electron chi connectivity index (χ2n) is 12.6. The number of hydrogen-bond donors (Lipinski definition) is 8. The second kappa shape index (κ2) is 21.7. The van der Waals surface area contributed by atoms with Crippen LogP contribution in [0.25, 0.3) is 11.1 Å². The van der Waals surface area contributed by atoms with Crippen molar-refractivity contribution in [3.8, 4) is 11.1 Å². The van der Waals surface area contributed by atoms with Crippen LogP contribution < -0.4 is 0 Å². The molecule has 54 heavy (non-hydrogen) atoms. The zero-order valence-corrected chi connectivity index (χ0v) is 30.6. The largest absolute Gasteiger partial charge is 0.481 e. The molecule has 0 bridgehead atoms. The number of sulfone groups is 1. The summed E-state index contributed by atoms with van der Waals surface area (Å²) in [6.45, 7) is 5.12. The number of nitrogens with zero attached hydrogens (tertiary/aromatic N) is 1. The van der Waals surface area contributed by atoms with Crippen LogP contribution in [0.1, 0.15) is 57.4 Å². The Morgan fingerprint density at radius 1 is 0.722 bits per heavy atom. The second-order valence-corrected chi connectivity index (χ2v) is 14.7. The van der Waals surface area contributed by atoms with Crippen molar-refractivity contribution in [3.05, 3.63) is 54.1 Å². The van der Waals surface area contributed by atoms with E-state index in [4.69, 9.17) is 45.6 Å². The number of carbonyl (C=O) groups is 6. The Labute approximate surface area is 311 Å². The molecule has 1 atom stereocenters. The molecule has 1 fully saturated rings. The Morgan fingerprint density at radius 2 is 1.13 bits per heavy atom. The van der Waals surface area contributed by atoms with Crippen molar-refractivity contribution >= 4 is 45.7 Å². The van der Waals surface area contributed by atoms with Gasteiger partial charge >= 0.3 is 35.8 Å². The van der Waals surface area contributed by atoms with Gasteiger partial charge in [-0.1, -0.05) is 36.4 Å². The fourth-order valence-corrected chi connectivity index (χ4v) is 6.54. The molecule has 0 amide bonds. The smallest absolute Gasteiger partial charge is 0.336 e. The van der Waals surface area contributed by atoms with Gasteiger partial charge in [0, 0.05) is 26.3 Å². The highest BCUT2D eigenvalue weighted by molar-refractivity contribution is 7.91. The van der Waals surface area contributed by atoms with E-state index >= 15 is 0 Å². The molecule has 1 aliphatic rings. The van der Waals surface area contributed by atoms with Crippen LogP contribution in [-0.4, -0.2) is 140 Å². The molecule has 0 saturated carbocycles. The van der Waals surface area contributed by atoms with Crippen molar-refractivity contribution in [2.75, 3.05) is 32.6 Å². The molecule has 1 saturated heterocycles. The number of carboxylic acids is 6. The van der Waals surface area contributed by atoms with E-state index in [1.807, 2.05) is 12.1 Å². The SMILES string of the molecule is COCCCS(=O)(=O)c1ccc(-c2ccc(CCN3CCC[C@H]3C)cc2)cc1.O=C(O)CC(O)(CC(=O)O)C(=O)O.O=C(O)CC(O)(CC(=O)O)C(=O)O. The summed E-state index contributed by atoms with van der Waals surface area (Å²) in [4.78, 5) is 63.9. The molecular formula is C35H47NO17S. The quantitative estimate of drug-likeness (QED) is 0.0940. The number of methoxy groups -OCH3 is 1. The molecule has 2 aromatic carbocycles. The molecule has 300 valence electrons. The molecule has 0 spiro atoms. The fraction of sp³-hybridized carbons (Fsp3) is 0.486. The number of carboxylic acid groups (broad SMARTS) is 6. The number of ether oxygens (including phenoxy) is 1. The van der Waals surface area contributed by atoms with Crippen molar-refractivity contribution in [1.29, 1.82) is 0 Å². The zero-order valence-electron chi connectivity index (χ0n) is 29.8. The lowest BCUT2D eigenvalue weighted by atomic mass is 9.96. The third-order valence-corrected chi connectivity index (χ3v) is 10.0. The highest BCUT2D eigenvalue weighted by Gasteiger charge is 2.41. The topological polar surface area (TPSA) is 311 Å². The Balaban J connectivity index is 0.000000470. The monoisotopic (exact) mass is 785 g/mol. The Morgan fingerprint density at radius 3 is 1.46 bits per heavy atom. The van der Waals surface area contributed by atoms with E-state index < -0.39 is 82.5 Å². The predicted molar refractivity (Wildman–Crippen MR) is 189 cm³/mol. The van der Waals surface area contributed by atoms with Gasteiger partial charge in [-0.25, -0.2) is 18.0 Å². The van der Waals surface area contributed by atoms with Crippen LogP contribution in [-0.2, 0) is 49.8 Å². The van der Waals surface area contributed by atoms with Crippen molar-refractivity contribution in [1.82, 2.24) is 4.90 Å². The highest BCUT2D eigenvalue weighted by Crippen LogP contribution is 2.24. The molecular weight excluding hydrogens is 738 g/mol. The summed E-state index contributed by atoms with van der Waals surface area (Å²) < 4.78 is 29.6. The van der Waals surface area contributed by atoms with Gasteiger partial charge in [0.2, 0.25) is 0 Å². The Kier molecular flexibility index (Phi) is 18.9. The maximum Gasteiger partial charge on any atom is 0.336 e. The third-order valence-electron chi connectivity index (χ3n) is 8.21. The third kappa shape index (κ3) is 16.4. The molecule has 1 aliphatic heterocycles. The van der Waals surface area contributed by atoms with Gasteiger partial charge in [0.15, 0.2) is 21.0 Å². The summed E-state index contributed by atoms with van der Waals surface area (Å²) >= 11 is 0. The molecule has 8 N–H and O–H groups in total. The van der Waals surface area contributed by atoms with Gasteiger partial charge in [-0.3, -0.25) is 19.2 Å². The molecule has 18 nitrogen and oxygen atoms in total. The number of aliphatic carboxylic acids is 6. The van der Waals surface area contributed by atoms with Gasteiger partial charge < -0.3 is 50.5 Å². The van der Waals surface area contributed by atoms with Crippen LogP contribution in [0.3, 0.4) is 0 Å². The van der Waals surface area contributed by atoms with Crippen molar-refractivity contribution in [2.24, 2.45) is 0 Å². The highest BCUT2D eigenvalue weighted by atomic mass is 32.2. The van der Waals surface area contributed by atoms with Gasteiger partial charge in [0.1, 0.15) is 0 Å². The van der Waals surface area contributed by atoms with E-state index in [9.17, 15) is 37.2 Å². The standard InChI is InChI=1S/C23H31NO3S.2C6H8O7/c1-19-5-3-15-24(19)16-14-20-6-8-21(9-7-20)22-10-12-23(13-11-22)28(25,26)18-4-17-27-2;2*7-3(8)1-6(13,5(11)12)2-4(9)10/h6-13,19H,3-5,14-18H2,1-2H3;2*13H,1-2H2,(H,7,8)(H,9,10)(H,11,12)/t19-;;/m1../s1. The van der Waals surface area contributed by atoms with E-state index in [1.165, 1.54) is 24.9 Å². The first-order valence-electron chi connectivity index (χ1n) is 16.5. The normalized spacial score (nSPS) is 14.5. The molecule has 0 aliphatic carbocycles. The molecule has 1 heterocycles. The number of likely N-dealkylation sites (tertiary alicyclic amines) is 1. The molecule has 0 radical (unpaired) electrons. The van der Waals surface area contributed by atoms with Gasteiger partial charge in [0.25, 0.3) is 0 Å². The minimum atomic E-state index is -3.24. The van der Waals surface area contributed by atoms with Gasteiger partial charge in [-0.15, -0.1) is 0 Å². The maximum atomic E-state index is 12.3. The summed E-state index contributed by atoms with van der Waals surface area (Å²) in [5, 5.41) is 67.6. The van der Waals surface area contributed by atoms with Crippen LogP contribution in [0.2, 0.25) is 0 Å². The summed E-state index contributed by atoms with van der Waals surface area (Å²) in [7, 11) is -1.66. The van der Waals surface area contributed by atoms with E-state index in [-0.39, 0.29) is 5.75 Å². The first-order valence-corrected chi connectivity index (χ1v) is 18.1. The minimum absolute atomic E-state index is 0.116. The van der Waals surface area contributed by atoms with Crippen molar-refractivity contribution in [3.63, 3.8) is 0 Å². The maximum absolute atomic E-state index is 12.3. The molecule has 0 unspecified atom stereocenters. The van der Waals surface area contributed by atoms with E-state index in [0.29, 0.717) is 24.0 Å². The van der Waals surface area contributed by atoms with Crippen LogP contribution in [0, 0.1) is 0 Å². The van der Waals surface area contributed by atoms with Crippen LogP contribution in [0.4, 0.5) is 0 Å². The summed E-state index contributed by atoms with van der Waals surface area (Å²) in [6, 6.07) is 16.5. The minimum Gasteiger partial charge on any atom is -0.481 e. The Bertz CT molecular complexity index is 1610. The van der Waals surface area contributed by atoms with Crippen LogP contribution in [0.15, 0.2) is 53.4 Å². The number of benzene rings is 2. The number of rotatable bonds is 19. The lowest BCUT2D eigenvalue weighted by Crippen LogP contribution is -2.42. The molecule has 2 aromatic rings. The van der Waals surface area contributed by atoms with Crippen molar-refractivity contribution < 1.29 is 82.8 Å². The number of aliphatic hydroxyl groups is 2. The molecule has 19 heteroatoms. The number of hydrogen-bond acceptors (Lipinski definition) is 12. The van der Waals surface area contributed by atoms with Crippen LogP contribution >= 0.6 is 0 Å². The molecule has 0 aromatic heterocycles. The predicted octanol–water partition coefficient (Wildman–Crippen LogP) is 1.69. The van der Waals surface area contributed by atoms with E-state index in [1.54, 1.807) is 19.2 Å². The van der Waals surface area contributed by atoms with Gasteiger partial charge in [-0.2, -0.15) is 0 Å². The Hall–Kier alpha value is -4.95. The lowest BCUT2D eigenvalue weighted by molar-refractivity contribution is -0.170. The summed E-state index contributed by atoms with van der Waals surface area (Å²) in [5.74, 6) is -9.92. The first-order chi connectivity index (χ1) is 25.0. The lowest BCUT2D eigenvalue weighted by Gasteiger charge is -2.20. The van der Waals surface area contributed by atoms with Gasteiger partial charge in [-0.05, 0) is 68.0 Å². The first kappa shape index (κ1) is 47.1. The summed E-state index contributed by atoms with van der Waals surface area (Å²) in [6.07, 6.45) is -0.358. The summed E-state index contributed by atoms with van der Waals surface area (Å²) in [5.41, 5.74) is -1.98. The fourth-order valence-electron chi connectivity index (χ4n) is 5.26. The molecule has 3 rings (SSSR count).